The Morgan fingerprint density at radius 1 is 1.33 bits per heavy atom. The zero-order valence-corrected chi connectivity index (χ0v) is 10.7. The van der Waals surface area contributed by atoms with Crippen LogP contribution in [-0.2, 0) is 11.2 Å². The third-order valence-electron chi connectivity index (χ3n) is 2.69. The number of hydrogen-bond donors (Lipinski definition) is 1. The Morgan fingerprint density at radius 2 is 1.89 bits per heavy atom. The van der Waals surface area contributed by atoms with Gasteiger partial charge in [0.1, 0.15) is 11.5 Å². The molecule has 0 amide bonds. The number of carboxylic acids is 1. The van der Waals surface area contributed by atoms with Crippen molar-refractivity contribution >= 4 is 5.97 Å². The standard InChI is InChI=1S/C14H18O4/c1-4-5-11(14(15)16)6-10-7-12(17-2)9-13(8-10)18-3/h4,7-9,11H,1,5-6H2,2-3H3,(H,15,16). The lowest BCUT2D eigenvalue weighted by Gasteiger charge is -2.12. The maximum atomic E-state index is 11.1. The fraction of sp³-hybridized carbons (Fsp3) is 0.357. The van der Waals surface area contributed by atoms with Crippen molar-refractivity contribution in [3.8, 4) is 11.5 Å². The number of ether oxygens (including phenoxy) is 2. The second kappa shape index (κ2) is 6.69. The molecule has 0 radical (unpaired) electrons. The van der Waals surface area contributed by atoms with Gasteiger partial charge in [0, 0.05) is 6.07 Å². The minimum Gasteiger partial charge on any atom is -0.497 e. The van der Waals surface area contributed by atoms with Gasteiger partial charge in [0.05, 0.1) is 20.1 Å². The number of carboxylic acid groups (broad SMARTS) is 1. The van der Waals surface area contributed by atoms with Crippen molar-refractivity contribution in [1.82, 2.24) is 0 Å². The summed E-state index contributed by atoms with van der Waals surface area (Å²) in [7, 11) is 3.13. The van der Waals surface area contributed by atoms with E-state index in [0.717, 1.165) is 5.56 Å². The van der Waals surface area contributed by atoms with E-state index in [1.165, 1.54) is 0 Å². The van der Waals surface area contributed by atoms with Crippen molar-refractivity contribution in [2.24, 2.45) is 5.92 Å². The topological polar surface area (TPSA) is 55.8 Å². The normalized spacial score (nSPS) is 11.7. The van der Waals surface area contributed by atoms with Crippen LogP contribution in [0.5, 0.6) is 11.5 Å². The molecule has 0 aliphatic carbocycles. The Balaban J connectivity index is 2.93. The van der Waals surface area contributed by atoms with Crippen LogP contribution in [0.1, 0.15) is 12.0 Å². The minimum absolute atomic E-state index is 0.426. The molecule has 1 unspecified atom stereocenters. The summed E-state index contributed by atoms with van der Waals surface area (Å²) in [4.78, 5) is 11.1. The fourth-order valence-electron chi connectivity index (χ4n) is 1.74. The average Bonchev–Trinajstić information content (AvgIpc) is 2.37. The molecular formula is C14H18O4. The van der Waals surface area contributed by atoms with Gasteiger partial charge in [-0.05, 0) is 30.5 Å². The first kappa shape index (κ1) is 14.1. The molecule has 1 aromatic rings. The lowest BCUT2D eigenvalue weighted by atomic mass is 9.96. The maximum absolute atomic E-state index is 11.1. The molecule has 0 bridgehead atoms. The molecule has 4 heteroatoms. The zero-order valence-electron chi connectivity index (χ0n) is 10.7. The third-order valence-corrected chi connectivity index (χ3v) is 2.69. The van der Waals surface area contributed by atoms with Crippen molar-refractivity contribution < 1.29 is 19.4 Å². The first-order chi connectivity index (χ1) is 8.60. The molecule has 0 heterocycles. The molecule has 1 N–H and O–H groups in total. The quantitative estimate of drug-likeness (QED) is 0.755. The number of rotatable bonds is 7. The highest BCUT2D eigenvalue weighted by Crippen LogP contribution is 2.25. The molecular weight excluding hydrogens is 232 g/mol. The lowest BCUT2D eigenvalue weighted by molar-refractivity contribution is -0.141. The molecule has 1 rings (SSSR count). The number of benzene rings is 1. The van der Waals surface area contributed by atoms with E-state index < -0.39 is 11.9 Å². The number of allylic oxidation sites excluding steroid dienone is 1. The van der Waals surface area contributed by atoms with Crippen LogP contribution in [0.25, 0.3) is 0 Å². The van der Waals surface area contributed by atoms with Crippen LogP contribution in [0.3, 0.4) is 0 Å². The summed E-state index contributed by atoms with van der Waals surface area (Å²) in [6.45, 7) is 3.58. The van der Waals surface area contributed by atoms with Gasteiger partial charge in [-0.2, -0.15) is 0 Å². The van der Waals surface area contributed by atoms with Gasteiger partial charge >= 0.3 is 5.97 Å². The van der Waals surface area contributed by atoms with Gasteiger partial charge in [-0.3, -0.25) is 4.79 Å². The van der Waals surface area contributed by atoms with E-state index in [2.05, 4.69) is 6.58 Å². The first-order valence-corrected chi connectivity index (χ1v) is 5.66. The molecule has 0 fully saturated rings. The monoisotopic (exact) mass is 250 g/mol. The van der Waals surface area contributed by atoms with Gasteiger partial charge in [-0.25, -0.2) is 0 Å². The summed E-state index contributed by atoms with van der Waals surface area (Å²) >= 11 is 0. The van der Waals surface area contributed by atoms with E-state index in [-0.39, 0.29) is 0 Å². The van der Waals surface area contributed by atoms with Crippen LogP contribution in [0.4, 0.5) is 0 Å². The van der Waals surface area contributed by atoms with E-state index in [0.29, 0.717) is 24.3 Å². The average molecular weight is 250 g/mol. The molecule has 1 atom stereocenters. The van der Waals surface area contributed by atoms with Crippen molar-refractivity contribution in [2.45, 2.75) is 12.8 Å². The zero-order chi connectivity index (χ0) is 13.5. The summed E-state index contributed by atoms with van der Waals surface area (Å²) in [5.74, 6) is 0.0233. The summed E-state index contributed by atoms with van der Waals surface area (Å²) in [6.07, 6.45) is 2.49. The molecule has 0 aromatic heterocycles. The van der Waals surface area contributed by atoms with Gasteiger partial charge < -0.3 is 14.6 Å². The predicted molar refractivity (Wildman–Crippen MR) is 69.2 cm³/mol. The second-order valence-corrected chi connectivity index (χ2v) is 3.98. The number of hydrogen-bond acceptors (Lipinski definition) is 3. The van der Waals surface area contributed by atoms with Gasteiger partial charge in [0.2, 0.25) is 0 Å². The van der Waals surface area contributed by atoms with Crippen molar-refractivity contribution in [1.29, 1.82) is 0 Å². The number of aliphatic carboxylic acids is 1. The molecule has 0 saturated heterocycles. The summed E-state index contributed by atoms with van der Waals surface area (Å²) < 4.78 is 10.3. The van der Waals surface area contributed by atoms with E-state index in [4.69, 9.17) is 14.6 Å². The molecule has 18 heavy (non-hydrogen) atoms. The smallest absolute Gasteiger partial charge is 0.307 e. The third kappa shape index (κ3) is 3.80. The molecule has 0 saturated carbocycles. The SMILES string of the molecule is C=CCC(Cc1cc(OC)cc(OC)c1)C(=O)O. The van der Waals surface area contributed by atoms with Crippen LogP contribution in [0.15, 0.2) is 30.9 Å². The van der Waals surface area contributed by atoms with Gasteiger partial charge in [0.15, 0.2) is 0 Å². The summed E-state index contributed by atoms with van der Waals surface area (Å²) in [5, 5.41) is 9.11. The fourth-order valence-corrected chi connectivity index (χ4v) is 1.74. The van der Waals surface area contributed by atoms with Crippen LogP contribution in [0, 0.1) is 5.92 Å². The van der Waals surface area contributed by atoms with Crippen molar-refractivity contribution in [3.63, 3.8) is 0 Å². The minimum atomic E-state index is -0.823. The van der Waals surface area contributed by atoms with Crippen molar-refractivity contribution in [3.05, 3.63) is 36.4 Å². The van der Waals surface area contributed by atoms with Crippen LogP contribution < -0.4 is 9.47 Å². The Kier molecular flexibility index (Phi) is 5.24. The second-order valence-electron chi connectivity index (χ2n) is 3.98. The lowest BCUT2D eigenvalue weighted by Crippen LogP contribution is -2.15. The van der Waals surface area contributed by atoms with E-state index in [1.807, 2.05) is 12.1 Å². The Morgan fingerprint density at radius 3 is 2.28 bits per heavy atom. The Labute approximate surface area is 107 Å². The molecule has 0 aliphatic rings. The highest BCUT2D eigenvalue weighted by Gasteiger charge is 2.17. The van der Waals surface area contributed by atoms with E-state index in [9.17, 15) is 4.79 Å². The Hall–Kier alpha value is -1.97. The largest absolute Gasteiger partial charge is 0.497 e. The first-order valence-electron chi connectivity index (χ1n) is 5.66. The van der Waals surface area contributed by atoms with E-state index >= 15 is 0 Å². The number of methoxy groups -OCH3 is 2. The van der Waals surface area contributed by atoms with Gasteiger partial charge in [-0.15, -0.1) is 6.58 Å². The van der Waals surface area contributed by atoms with Crippen molar-refractivity contribution in [2.75, 3.05) is 14.2 Å². The predicted octanol–water partition coefficient (Wildman–Crippen LogP) is 2.52. The van der Waals surface area contributed by atoms with Crippen LogP contribution in [-0.4, -0.2) is 25.3 Å². The maximum Gasteiger partial charge on any atom is 0.307 e. The Bertz CT molecular complexity index is 404. The summed E-state index contributed by atoms with van der Waals surface area (Å²) in [6, 6.07) is 5.40. The van der Waals surface area contributed by atoms with Crippen LogP contribution in [0.2, 0.25) is 0 Å². The molecule has 98 valence electrons. The molecule has 0 aliphatic heterocycles. The van der Waals surface area contributed by atoms with Gasteiger partial charge in [-0.1, -0.05) is 6.08 Å². The highest BCUT2D eigenvalue weighted by molar-refractivity contribution is 5.70. The van der Waals surface area contributed by atoms with Gasteiger partial charge in [0.25, 0.3) is 0 Å². The summed E-state index contributed by atoms with van der Waals surface area (Å²) in [5.41, 5.74) is 0.875. The molecule has 0 spiro atoms. The number of carbonyl (C=O) groups is 1. The molecule has 1 aromatic carbocycles. The molecule has 4 nitrogen and oxygen atoms in total. The highest BCUT2D eigenvalue weighted by atomic mass is 16.5. The van der Waals surface area contributed by atoms with E-state index in [1.54, 1.807) is 26.4 Å². The van der Waals surface area contributed by atoms with Crippen LogP contribution >= 0.6 is 0 Å².